The van der Waals surface area contributed by atoms with Gasteiger partial charge in [0.05, 0.1) is 6.54 Å². The van der Waals surface area contributed by atoms with Crippen molar-refractivity contribution in [3.05, 3.63) is 65.2 Å². The molecule has 0 amide bonds. The van der Waals surface area contributed by atoms with Gasteiger partial charge in [-0.2, -0.15) is 5.10 Å². The number of pyridine rings is 1. The number of H-pyrrole nitrogens is 1. The second-order valence-electron chi connectivity index (χ2n) is 4.25. The van der Waals surface area contributed by atoms with Crippen molar-refractivity contribution in [3.63, 3.8) is 0 Å². The quantitative estimate of drug-likeness (QED) is 0.723. The Morgan fingerprint density at radius 3 is 2.75 bits per heavy atom. The van der Waals surface area contributed by atoms with Crippen molar-refractivity contribution in [2.24, 2.45) is 0 Å². The van der Waals surface area contributed by atoms with Crippen LogP contribution in [0.5, 0.6) is 0 Å². The third-order valence-electron chi connectivity index (χ3n) is 2.87. The monoisotopic (exact) mass is 283 g/mol. The number of rotatable bonds is 4. The van der Waals surface area contributed by atoms with Crippen LogP contribution in [0.2, 0.25) is 0 Å². The molecule has 100 valence electrons. The van der Waals surface area contributed by atoms with E-state index in [1.165, 1.54) is 0 Å². The van der Waals surface area contributed by atoms with Crippen LogP contribution in [0.3, 0.4) is 0 Å². The number of benzene rings is 1. The summed E-state index contributed by atoms with van der Waals surface area (Å²) in [5, 5.41) is 7.08. The van der Waals surface area contributed by atoms with E-state index in [9.17, 15) is 0 Å². The first kappa shape index (κ1) is 12.6. The van der Waals surface area contributed by atoms with Gasteiger partial charge in [0, 0.05) is 18.0 Å². The Balaban J connectivity index is 1.87. The van der Waals surface area contributed by atoms with Crippen molar-refractivity contribution >= 4 is 12.2 Å². The lowest BCUT2D eigenvalue weighted by molar-refractivity contribution is 0.829. The Morgan fingerprint density at radius 2 is 2.00 bits per heavy atom. The summed E-state index contributed by atoms with van der Waals surface area (Å²) < 4.78 is 2.31. The van der Waals surface area contributed by atoms with Gasteiger partial charge in [0.25, 0.3) is 0 Å². The van der Waals surface area contributed by atoms with E-state index in [0.29, 0.717) is 11.3 Å². The van der Waals surface area contributed by atoms with Gasteiger partial charge in [-0.3, -0.25) is 4.98 Å². The van der Waals surface area contributed by atoms with Gasteiger partial charge in [0.15, 0.2) is 5.82 Å². The van der Waals surface area contributed by atoms with Gasteiger partial charge < -0.3 is 5.43 Å². The largest absolute Gasteiger partial charge is 0.317 e. The van der Waals surface area contributed by atoms with Crippen molar-refractivity contribution in [2.45, 2.75) is 6.54 Å². The molecule has 2 heterocycles. The summed E-state index contributed by atoms with van der Waals surface area (Å²) in [7, 11) is 0. The van der Waals surface area contributed by atoms with Crippen molar-refractivity contribution in [1.82, 2.24) is 19.9 Å². The van der Waals surface area contributed by atoms with E-state index in [1.54, 1.807) is 10.9 Å². The highest BCUT2D eigenvalue weighted by atomic mass is 32.1. The highest BCUT2D eigenvalue weighted by molar-refractivity contribution is 7.71. The average molecular weight is 283 g/mol. The Kier molecular flexibility index (Phi) is 3.56. The fourth-order valence-electron chi connectivity index (χ4n) is 1.90. The van der Waals surface area contributed by atoms with Crippen LogP contribution < -0.4 is 5.43 Å². The summed E-state index contributed by atoms with van der Waals surface area (Å²) in [6, 6.07) is 13.8. The minimum absolute atomic E-state index is 0.535. The molecule has 3 aromatic rings. The van der Waals surface area contributed by atoms with Crippen LogP contribution in [0.4, 0.5) is 0 Å². The first-order valence-corrected chi connectivity index (χ1v) is 6.61. The molecule has 0 aliphatic heterocycles. The molecule has 0 unspecified atom stereocenters. The Morgan fingerprint density at radius 1 is 1.15 bits per heavy atom. The molecule has 2 aromatic heterocycles. The van der Waals surface area contributed by atoms with Gasteiger partial charge in [-0.15, -0.1) is 0 Å². The van der Waals surface area contributed by atoms with Crippen LogP contribution in [-0.4, -0.2) is 19.9 Å². The molecule has 0 saturated carbocycles. The number of nitrogens with one attached hydrogen (secondary N) is 2. The lowest BCUT2D eigenvalue weighted by Gasteiger charge is -2.09. The number of nitrogens with zero attached hydrogens (tertiary/aromatic N) is 3. The van der Waals surface area contributed by atoms with Crippen LogP contribution in [0.25, 0.3) is 11.4 Å². The molecule has 0 atom stereocenters. The molecule has 2 N–H and O–H groups in total. The van der Waals surface area contributed by atoms with E-state index < -0.39 is 0 Å². The van der Waals surface area contributed by atoms with Gasteiger partial charge in [-0.05, 0) is 23.8 Å². The normalized spacial score (nSPS) is 10.4. The molecule has 20 heavy (non-hydrogen) atoms. The number of aromatic nitrogens is 4. The van der Waals surface area contributed by atoms with E-state index in [1.807, 2.05) is 48.7 Å². The summed E-state index contributed by atoms with van der Waals surface area (Å²) in [6.07, 6.45) is 3.57. The van der Waals surface area contributed by atoms with Crippen molar-refractivity contribution in [2.75, 3.05) is 5.43 Å². The van der Waals surface area contributed by atoms with Crippen LogP contribution in [0, 0.1) is 4.77 Å². The summed E-state index contributed by atoms with van der Waals surface area (Å²) in [5.41, 5.74) is 5.33. The van der Waals surface area contributed by atoms with E-state index in [-0.39, 0.29) is 0 Å². The van der Waals surface area contributed by atoms with E-state index in [0.717, 1.165) is 17.0 Å². The number of hydrogen-bond acceptors (Lipinski definition) is 4. The van der Waals surface area contributed by atoms with Gasteiger partial charge in [-0.25, -0.2) is 9.77 Å². The van der Waals surface area contributed by atoms with Crippen LogP contribution in [-0.2, 0) is 6.54 Å². The maximum atomic E-state index is 5.26. The molecular weight excluding hydrogens is 270 g/mol. The molecule has 0 radical (unpaired) electrons. The minimum atomic E-state index is 0.535. The summed E-state index contributed by atoms with van der Waals surface area (Å²) in [5.74, 6) is 0.763. The van der Waals surface area contributed by atoms with Crippen LogP contribution in [0.1, 0.15) is 5.56 Å². The minimum Gasteiger partial charge on any atom is -0.317 e. The topological polar surface area (TPSA) is 58.5 Å². The van der Waals surface area contributed by atoms with Crippen LogP contribution in [0.15, 0.2) is 54.9 Å². The molecule has 3 rings (SSSR count). The predicted molar refractivity (Wildman–Crippen MR) is 80.1 cm³/mol. The molecule has 0 bridgehead atoms. The van der Waals surface area contributed by atoms with Crippen molar-refractivity contribution in [1.29, 1.82) is 0 Å². The lowest BCUT2D eigenvalue weighted by atomic mass is 10.2. The third-order valence-corrected chi connectivity index (χ3v) is 3.14. The van der Waals surface area contributed by atoms with E-state index in [2.05, 4.69) is 20.6 Å². The summed E-state index contributed by atoms with van der Waals surface area (Å²) >= 11 is 5.26. The zero-order valence-electron chi connectivity index (χ0n) is 10.7. The highest BCUT2D eigenvalue weighted by Gasteiger charge is 2.07. The van der Waals surface area contributed by atoms with Crippen molar-refractivity contribution < 1.29 is 0 Å². The summed E-state index contributed by atoms with van der Waals surface area (Å²) in [6.45, 7) is 0.627. The maximum absolute atomic E-state index is 5.26. The SMILES string of the molecule is S=c1[nH]nc(-c2ccccc2)n1NCc1cccnc1. The Hall–Kier alpha value is -2.47. The second kappa shape index (κ2) is 5.66. The summed E-state index contributed by atoms with van der Waals surface area (Å²) in [4.78, 5) is 4.09. The van der Waals surface area contributed by atoms with Gasteiger partial charge >= 0.3 is 0 Å². The Bertz CT molecular complexity index is 733. The second-order valence-corrected chi connectivity index (χ2v) is 4.64. The molecule has 0 aliphatic carbocycles. The van der Waals surface area contributed by atoms with Gasteiger partial charge in [-0.1, -0.05) is 36.4 Å². The zero-order chi connectivity index (χ0) is 13.8. The molecule has 0 saturated heterocycles. The maximum Gasteiger partial charge on any atom is 0.214 e. The highest BCUT2D eigenvalue weighted by Crippen LogP contribution is 2.15. The third kappa shape index (κ3) is 2.60. The predicted octanol–water partition coefficient (Wildman–Crippen LogP) is 2.75. The first-order chi connectivity index (χ1) is 9.84. The fraction of sp³-hybridized carbons (Fsp3) is 0.0714. The van der Waals surface area contributed by atoms with Crippen LogP contribution >= 0.6 is 12.2 Å². The molecule has 6 heteroatoms. The Labute approximate surface area is 121 Å². The number of hydrogen-bond donors (Lipinski definition) is 2. The molecular formula is C14H13N5S. The van der Waals surface area contributed by atoms with Crippen molar-refractivity contribution in [3.8, 4) is 11.4 Å². The molecule has 5 nitrogen and oxygen atoms in total. The molecule has 1 aromatic carbocycles. The van der Waals surface area contributed by atoms with E-state index >= 15 is 0 Å². The molecule has 0 spiro atoms. The van der Waals surface area contributed by atoms with Gasteiger partial charge in [0.1, 0.15) is 0 Å². The van der Waals surface area contributed by atoms with E-state index in [4.69, 9.17) is 12.2 Å². The fourth-order valence-corrected chi connectivity index (χ4v) is 2.09. The lowest BCUT2D eigenvalue weighted by Crippen LogP contribution is -2.15. The zero-order valence-corrected chi connectivity index (χ0v) is 11.5. The molecule has 0 fully saturated rings. The molecule has 0 aliphatic rings. The first-order valence-electron chi connectivity index (χ1n) is 6.20. The average Bonchev–Trinajstić information content (AvgIpc) is 2.88. The smallest absolute Gasteiger partial charge is 0.214 e. The standard InChI is InChI=1S/C14H13N5S/c20-14-18-17-13(12-6-2-1-3-7-12)19(14)16-10-11-5-4-8-15-9-11/h1-9,16H,10H2,(H,18,20). The van der Waals surface area contributed by atoms with Gasteiger partial charge in [0.2, 0.25) is 4.77 Å². The number of aromatic amines is 1.